The Labute approximate surface area is 120 Å². The summed E-state index contributed by atoms with van der Waals surface area (Å²) in [6, 6.07) is 10.8. The summed E-state index contributed by atoms with van der Waals surface area (Å²) in [6.45, 7) is 0. The molecule has 1 fully saturated rings. The fourth-order valence-corrected chi connectivity index (χ4v) is 2.53. The number of anilines is 1. The van der Waals surface area contributed by atoms with E-state index in [1.54, 1.807) is 12.1 Å². The fourth-order valence-electron chi connectivity index (χ4n) is 1.97. The molecule has 1 heterocycles. The molecule has 1 amide bonds. The molecule has 0 aliphatic heterocycles. The minimum Gasteiger partial charge on any atom is -0.459 e. The van der Waals surface area contributed by atoms with E-state index >= 15 is 0 Å². The lowest BCUT2D eigenvalue weighted by atomic mass is 10.1. The minimum absolute atomic E-state index is 0.186. The van der Waals surface area contributed by atoms with E-state index in [1.165, 1.54) is 6.26 Å². The molecule has 3 rings (SSSR count). The number of carbonyl (C=O) groups excluding carboxylic acids is 1. The van der Waals surface area contributed by atoms with Gasteiger partial charge < -0.3 is 9.73 Å². The molecule has 0 unspecified atom stereocenters. The molecule has 1 N–H and O–H groups in total. The van der Waals surface area contributed by atoms with Crippen molar-refractivity contribution < 1.29 is 9.21 Å². The normalized spacial score (nSPS) is 20.0. The van der Waals surface area contributed by atoms with Crippen LogP contribution in [0.1, 0.15) is 28.5 Å². The van der Waals surface area contributed by atoms with Crippen molar-refractivity contribution in [2.75, 3.05) is 5.32 Å². The first-order valence-corrected chi connectivity index (χ1v) is 6.64. The third kappa shape index (κ3) is 2.62. The van der Waals surface area contributed by atoms with Crippen LogP contribution >= 0.6 is 23.2 Å². The molecule has 0 radical (unpaired) electrons. The molecule has 2 aromatic rings. The van der Waals surface area contributed by atoms with E-state index in [-0.39, 0.29) is 17.6 Å². The molecule has 1 aliphatic carbocycles. The van der Waals surface area contributed by atoms with Crippen molar-refractivity contribution >= 4 is 34.8 Å². The molecule has 5 heteroatoms. The monoisotopic (exact) mass is 295 g/mol. The van der Waals surface area contributed by atoms with Gasteiger partial charge in [-0.3, -0.25) is 4.79 Å². The molecule has 1 aromatic heterocycles. The zero-order chi connectivity index (χ0) is 13.5. The van der Waals surface area contributed by atoms with Gasteiger partial charge in [0.1, 0.15) is 4.33 Å². The lowest BCUT2D eigenvalue weighted by molar-refractivity contribution is 0.0996. The number of nitrogens with one attached hydrogen (secondary N) is 1. The molecule has 3 nitrogen and oxygen atoms in total. The highest BCUT2D eigenvalue weighted by Crippen LogP contribution is 2.59. The van der Waals surface area contributed by atoms with Crippen LogP contribution in [0.25, 0.3) is 0 Å². The molecule has 1 aromatic carbocycles. The average molecular weight is 296 g/mol. The highest BCUT2D eigenvalue weighted by atomic mass is 35.5. The lowest BCUT2D eigenvalue weighted by Crippen LogP contribution is -2.10. The zero-order valence-corrected chi connectivity index (χ0v) is 11.4. The van der Waals surface area contributed by atoms with Gasteiger partial charge in [-0.25, -0.2) is 0 Å². The summed E-state index contributed by atoms with van der Waals surface area (Å²) in [5, 5.41) is 2.75. The van der Waals surface area contributed by atoms with Gasteiger partial charge in [0.2, 0.25) is 0 Å². The highest BCUT2D eigenvalue weighted by molar-refractivity contribution is 6.51. The number of benzene rings is 1. The van der Waals surface area contributed by atoms with E-state index < -0.39 is 4.33 Å². The third-order valence-corrected chi connectivity index (χ3v) is 3.98. The Morgan fingerprint density at radius 3 is 2.47 bits per heavy atom. The molecule has 19 heavy (non-hydrogen) atoms. The van der Waals surface area contributed by atoms with E-state index in [0.717, 1.165) is 12.0 Å². The Morgan fingerprint density at radius 2 is 1.95 bits per heavy atom. The van der Waals surface area contributed by atoms with E-state index in [1.807, 2.05) is 24.3 Å². The summed E-state index contributed by atoms with van der Waals surface area (Å²) in [6.07, 6.45) is 2.24. The number of furan rings is 1. The number of halogens is 2. The van der Waals surface area contributed by atoms with Gasteiger partial charge in [0, 0.05) is 11.6 Å². The Hall–Kier alpha value is -1.45. The van der Waals surface area contributed by atoms with Crippen molar-refractivity contribution in [2.24, 2.45) is 0 Å². The van der Waals surface area contributed by atoms with Crippen LogP contribution in [-0.4, -0.2) is 10.2 Å². The van der Waals surface area contributed by atoms with Crippen molar-refractivity contribution in [3.05, 3.63) is 54.0 Å². The van der Waals surface area contributed by atoms with E-state index in [4.69, 9.17) is 27.6 Å². The van der Waals surface area contributed by atoms with Gasteiger partial charge >= 0.3 is 0 Å². The number of hydrogen-bond acceptors (Lipinski definition) is 2. The number of rotatable bonds is 3. The van der Waals surface area contributed by atoms with Crippen LogP contribution in [0.2, 0.25) is 0 Å². The van der Waals surface area contributed by atoms with Gasteiger partial charge in [-0.2, -0.15) is 0 Å². The summed E-state index contributed by atoms with van der Waals surface area (Å²) < 4.78 is 4.39. The predicted octanol–water partition coefficient (Wildman–Crippen LogP) is 4.19. The van der Waals surface area contributed by atoms with E-state index in [0.29, 0.717) is 5.69 Å². The fraction of sp³-hybridized carbons (Fsp3) is 0.214. The lowest BCUT2D eigenvalue weighted by Gasteiger charge is -2.05. The van der Waals surface area contributed by atoms with Crippen molar-refractivity contribution in [2.45, 2.75) is 16.7 Å². The predicted molar refractivity (Wildman–Crippen MR) is 74.9 cm³/mol. The summed E-state index contributed by atoms with van der Waals surface area (Å²) in [5.41, 5.74) is 1.79. The molecule has 0 bridgehead atoms. The zero-order valence-electron chi connectivity index (χ0n) is 9.90. The van der Waals surface area contributed by atoms with Crippen LogP contribution in [0.4, 0.5) is 5.69 Å². The van der Waals surface area contributed by atoms with Crippen molar-refractivity contribution in [3.63, 3.8) is 0 Å². The summed E-state index contributed by atoms with van der Waals surface area (Å²) in [7, 11) is 0. The van der Waals surface area contributed by atoms with E-state index in [2.05, 4.69) is 5.32 Å². The van der Waals surface area contributed by atoms with Crippen molar-refractivity contribution in [3.8, 4) is 0 Å². The maximum atomic E-state index is 11.8. The van der Waals surface area contributed by atoms with Gasteiger partial charge in [-0.15, -0.1) is 23.2 Å². The number of amides is 1. The number of hydrogen-bond donors (Lipinski definition) is 1. The van der Waals surface area contributed by atoms with Crippen LogP contribution in [0.15, 0.2) is 47.1 Å². The second-order valence-corrected chi connectivity index (χ2v) is 6.11. The average Bonchev–Trinajstić information content (AvgIpc) is 2.83. The highest BCUT2D eigenvalue weighted by Gasteiger charge is 2.52. The first kappa shape index (κ1) is 12.6. The second kappa shape index (κ2) is 4.58. The Bertz CT molecular complexity index is 590. The van der Waals surface area contributed by atoms with Crippen LogP contribution in [0.5, 0.6) is 0 Å². The summed E-state index contributed by atoms with van der Waals surface area (Å²) in [5.74, 6) is 0.200. The Morgan fingerprint density at radius 1 is 1.26 bits per heavy atom. The Balaban J connectivity index is 1.68. The maximum Gasteiger partial charge on any atom is 0.291 e. The number of carbonyl (C=O) groups is 1. The van der Waals surface area contributed by atoms with Crippen molar-refractivity contribution in [1.29, 1.82) is 0 Å². The number of alkyl halides is 2. The molecular weight excluding hydrogens is 285 g/mol. The first-order chi connectivity index (χ1) is 9.06. The van der Waals surface area contributed by atoms with Crippen LogP contribution in [0, 0.1) is 0 Å². The van der Waals surface area contributed by atoms with Gasteiger partial charge in [0.25, 0.3) is 5.91 Å². The third-order valence-electron chi connectivity index (χ3n) is 3.14. The first-order valence-electron chi connectivity index (χ1n) is 5.89. The van der Waals surface area contributed by atoms with Crippen LogP contribution in [0.3, 0.4) is 0 Å². The second-order valence-electron chi connectivity index (χ2n) is 4.57. The largest absolute Gasteiger partial charge is 0.459 e. The molecule has 0 saturated heterocycles. The maximum absolute atomic E-state index is 11.8. The topological polar surface area (TPSA) is 42.2 Å². The van der Waals surface area contributed by atoms with Gasteiger partial charge in [0.05, 0.1) is 6.26 Å². The van der Waals surface area contributed by atoms with Crippen molar-refractivity contribution in [1.82, 2.24) is 0 Å². The Kier molecular flexibility index (Phi) is 3.03. The van der Waals surface area contributed by atoms with E-state index in [9.17, 15) is 4.79 Å². The molecule has 1 aliphatic rings. The molecule has 0 spiro atoms. The molecule has 1 saturated carbocycles. The van der Waals surface area contributed by atoms with Crippen LogP contribution < -0.4 is 5.32 Å². The van der Waals surface area contributed by atoms with Gasteiger partial charge in [-0.05, 0) is 36.2 Å². The summed E-state index contributed by atoms with van der Waals surface area (Å²) in [4.78, 5) is 11.8. The molecule has 98 valence electrons. The summed E-state index contributed by atoms with van der Waals surface area (Å²) >= 11 is 12.0. The minimum atomic E-state index is -0.626. The molecular formula is C14H11Cl2NO2. The standard InChI is InChI=1S/C14H11Cl2NO2/c15-14(16)8-11(14)9-3-5-10(6-4-9)17-13(18)12-2-1-7-19-12/h1-7,11H,8H2,(H,17,18)/t11-/m1/s1. The quantitative estimate of drug-likeness (QED) is 0.863. The molecule has 1 atom stereocenters. The van der Waals surface area contributed by atoms with Crippen LogP contribution in [-0.2, 0) is 0 Å². The SMILES string of the molecule is O=C(Nc1ccc([C@H]2CC2(Cl)Cl)cc1)c1ccco1. The van der Waals surface area contributed by atoms with Gasteiger partial charge in [0.15, 0.2) is 5.76 Å². The van der Waals surface area contributed by atoms with Gasteiger partial charge in [-0.1, -0.05) is 12.1 Å². The smallest absolute Gasteiger partial charge is 0.291 e.